The molecule has 0 bridgehead atoms. The van der Waals surface area contributed by atoms with Gasteiger partial charge in [-0.05, 0) is 31.0 Å². The number of fused-ring (bicyclic) bond motifs is 1. The maximum absolute atomic E-state index is 12.5. The first-order valence-corrected chi connectivity index (χ1v) is 7.57. The number of carbonyl (C=O) groups is 1. The molecule has 118 valence electrons. The predicted molar refractivity (Wildman–Crippen MR) is 88.8 cm³/mol. The van der Waals surface area contributed by atoms with Gasteiger partial charge in [0.1, 0.15) is 0 Å². The van der Waals surface area contributed by atoms with Gasteiger partial charge in [-0.3, -0.25) is 14.9 Å². The van der Waals surface area contributed by atoms with Crippen LogP contribution in [0.1, 0.15) is 16.1 Å². The quantitative estimate of drug-likeness (QED) is 0.686. The topological polar surface area (TPSA) is 89.5 Å². The normalized spacial score (nSPS) is 17.5. The van der Waals surface area contributed by atoms with Crippen molar-refractivity contribution in [2.45, 2.75) is 6.42 Å². The summed E-state index contributed by atoms with van der Waals surface area (Å²) in [6.07, 6.45) is 0.943. The lowest BCUT2D eigenvalue weighted by Crippen LogP contribution is -2.29. The zero-order valence-corrected chi connectivity index (χ0v) is 13.4. The molecule has 0 spiro atoms. The molecule has 0 saturated carbocycles. The van der Waals surface area contributed by atoms with Crippen molar-refractivity contribution in [3.63, 3.8) is 0 Å². The molecule has 1 saturated heterocycles. The second-order valence-corrected chi connectivity index (χ2v) is 6.32. The van der Waals surface area contributed by atoms with E-state index in [2.05, 4.69) is 0 Å². The number of thiophene rings is 1. The zero-order valence-electron chi connectivity index (χ0n) is 11.7. The van der Waals surface area contributed by atoms with Gasteiger partial charge in [-0.1, -0.05) is 0 Å². The Morgan fingerprint density at radius 1 is 1.45 bits per heavy atom. The van der Waals surface area contributed by atoms with Gasteiger partial charge in [0.15, 0.2) is 0 Å². The van der Waals surface area contributed by atoms with Crippen molar-refractivity contribution in [2.24, 2.45) is 11.7 Å². The van der Waals surface area contributed by atoms with Crippen molar-refractivity contribution in [1.29, 1.82) is 0 Å². The summed E-state index contributed by atoms with van der Waals surface area (Å²) >= 11 is 1.38. The van der Waals surface area contributed by atoms with Crippen molar-refractivity contribution >= 4 is 45.4 Å². The Bertz CT molecular complexity index is 718. The van der Waals surface area contributed by atoms with Gasteiger partial charge in [-0.25, -0.2) is 0 Å². The van der Waals surface area contributed by atoms with Crippen LogP contribution in [0.25, 0.3) is 10.1 Å². The molecule has 0 aliphatic carbocycles. The van der Waals surface area contributed by atoms with Crippen LogP contribution in [0.5, 0.6) is 0 Å². The summed E-state index contributed by atoms with van der Waals surface area (Å²) in [6, 6.07) is 6.41. The first-order chi connectivity index (χ1) is 10.1. The molecular formula is C14H16ClN3O3S. The van der Waals surface area contributed by atoms with Crippen LogP contribution in [-0.2, 0) is 0 Å². The third-order valence-electron chi connectivity index (χ3n) is 3.83. The molecule has 1 aromatic carbocycles. The number of hydrogen-bond donors (Lipinski definition) is 1. The highest BCUT2D eigenvalue weighted by Crippen LogP contribution is 2.30. The van der Waals surface area contributed by atoms with E-state index in [0.717, 1.165) is 23.1 Å². The van der Waals surface area contributed by atoms with Crippen LogP contribution < -0.4 is 5.73 Å². The van der Waals surface area contributed by atoms with E-state index in [1.54, 1.807) is 12.1 Å². The fraction of sp³-hybridized carbons (Fsp3) is 0.357. The van der Waals surface area contributed by atoms with E-state index in [4.69, 9.17) is 5.73 Å². The van der Waals surface area contributed by atoms with Crippen LogP contribution in [0.2, 0.25) is 0 Å². The average molecular weight is 342 g/mol. The number of likely N-dealkylation sites (tertiary alicyclic amines) is 1. The van der Waals surface area contributed by atoms with Gasteiger partial charge in [-0.15, -0.1) is 23.7 Å². The molecule has 1 amide bonds. The molecule has 2 N–H and O–H groups in total. The van der Waals surface area contributed by atoms with Crippen molar-refractivity contribution in [1.82, 2.24) is 4.90 Å². The molecule has 0 radical (unpaired) electrons. The fourth-order valence-corrected chi connectivity index (χ4v) is 3.63. The Balaban J connectivity index is 0.00000176. The van der Waals surface area contributed by atoms with Crippen molar-refractivity contribution in [3.8, 4) is 0 Å². The van der Waals surface area contributed by atoms with Gasteiger partial charge in [0.05, 0.1) is 9.80 Å². The molecule has 1 unspecified atom stereocenters. The first-order valence-electron chi connectivity index (χ1n) is 6.76. The summed E-state index contributed by atoms with van der Waals surface area (Å²) < 4.78 is 0.888. The van der Waals surface area contributed by atoms with Crippen LogP contribution in [0.15, 0.2) is 24.3 Å². The van der Waals surface area contributed by atoms with Crippen LogP contribution >= 0.6 is 23.7 Å². The summed E-state index contributed by atoms with van der Waals surface area (Å²) in [5, 5.41) is 11.5. The van der Waals surface area contributed by atoms with Crippen LogP contribution in [0.4, 0.5) is 5.69 Å². The van der Waals surface area contributed by atoms with Crippen molar-refractivity contribution in [3.05, 3.63) is 39.3 Å². The van der Waals surface area contributed by atoms with Crippen molar-refractivity contribution < 1.29 is 9.72 Å². The highest BCUT2D eigenvalue weighted by Gasteiger charge is 2.27. The second-order valence-electron chi connectivity index (χ2n) is 5.23. The minimum Gasteiger partial charge on any atom is -0.338 e. The minimum absolute atomic E-state index is 0. The Labute approximate surface area is 137 Å². The Kier molecular flexibility index (Phi) is 5.00. The molecule has 1 aliphatic heterocycles. The van der Waals surface area contributed by atoms with E-state index in [1.165, 1.54) is 23.5 Å². The maximum Gasteiger partial charge on any atom is 0.270 e. The molecule has 8 heteroatoms. The van der Waals surface area contributed by atoms with Crippen molar-refractivity contribution in [2.75, 3.05) is 19.6 Å². The lowest BCUT2D eigenvalue weighted by atomic mass is 10.1. The number of carbonyl (C=O) groups excluding carboxylic acids is 1. The second kappa shape index (κ2) is 6.60. The molecule has 6 nitrogen and oxygen atoms in total. The Morgan fingerprint density at radius 2 is 2.23 bits per heavy atom. The Morgan fingerprint density at radius 3 is 2.86 bits per heavy atom. The van der Waals surface area contributed by atoms with E-state index >= 15 is 0 Å². The average Bonchev–Trinajstić information content (AvgIpc) is 3.11. The predicted octanol–water partition coefficient (Wildman–Crippen LogP) is 2.65. The van der Waals surface area contributed by atoms with E-state index in [-0.39, 0.29) is 24.0 Å². The lowest BCUT2D eigenvalue weighted by molar-refractivity contribution is -0.384. The van der Waals surface area contributed by atoms with Crippen LogP contribution in [0, 0.1) is 16.0 Å². The number of nitrogens with zero attached hydrogens (tertiary/aromatic N) is 2. The standard InChI is InChI=1S/C14H15N3O3S.ClH/c15-7-9-3-4-16(8-9)14(18)13-6-10-5-11(17(19)20)1-2-12(10)21-13;/h1-2,5-6,9H,3-4,7-8,15H2;1H. The summed E-state index contributed by atoms with van der Waals surface area (Å²) in [5.41, 5.74) is 5.69. The monoisotopic (exact) mass is 341 g/mol. The molecule has 1 fully saturated rings. The summed E-state index contributed by atoms with van der Waals surface area (Å²) in [6.45, 7) is 2.03. The van der Waals surface area contributed by atoms with E-state index in [0.29, 0.717) is 23.9 Å². The number of nitro benzene ring substituents is 1. The van der Waals surface area contributed by atoms with E-state index in [1.807, 2.05) is 4.90 Å². The summed E-state index contributed by atoms with van der Waals surface area (Å²) in [7, 11) is 0. The molecule has 2 aromatic rings. The van der Waals surface area contributed by atoms with Crippen LogP contribution in [0.3, 0.4) is 0 Å². The summed E-state index contributed by atoms with van der Waals surface area (Å²) in [5.74, 6) is 0.374. The molecule has 1 atom stereocenters. The number of nitro groups is 1. The highest BCUT2D eigenvalue weighted by atomic mass is 35.5. The maximum atomic E-state index is 12.5. The van der Waals surface area contributed by atoms with Gasteiger partial charge in [0.2, 0.25) is 0 Å². The van der Waals surface area contributed by atoms with E-state index < -0.39 is 4.92 Å². The molecule has 3 rings (SSSR count). The number of amides is 1. The number of rotatable bonds is 3. The van der Waals surface area contributed by atoms with Gasteiger partial charge in [0, 0.05) is 35.3 Å². The highest BCUT2D eigenvalue weighted by molar-refractivity contribution is 7.20. The number of non-ortho nitro benzene ring substituents is 1. The van der Waals surface area contributed by atoms with Gasteiger partial charge >= 0.3 is 0 Å². The fourth-order valence-electron chi connectivity index (χ4n) is 2.62. The first kappa shape index (κ1) is 16.7. The summed E-state index contributed by atoms with van der Waals surface area (Å²) in [4.78, 5) is 25.3. The zero-order chi connectivity index (χ0) is 15.0. The van der Waals surface area contributed by atoms with Gasteiger partial charge in [-0.2, -0.15) is 0 Å². The largest absolute Gasteiger partial charge is 0.338 e. The number of hydrogen-bond acceptors (Lipinski definition) is 5. The Hall–Kier alpha value is -1.70. The third kappa shape index (κ3) is 3.06. The minimum atomic E-state index is -0.426. The van der Waals surface area contributed by atoms with Gasteiger partial charge < -0.3 is 10.6 Å². The van der Waals surface area contributed by atoms with E-state index in [9.17, 15) is 14.9 Å². The number of benzene rings is 1. The third-order valence-corrected chi connectivity index (χ3v) is 4.93. The number of nitrogens with two attached hydrogens (primary N) is 1. The number of halogens is 1. The molecule has 22 heavy (non-hydrogen) atoms. The molecule has 1 aromatic heterocycles. The molecular weight excluding hydrogens is 326 g/mol. The molecule has 1 aliphatic rings. The molecule has 2 heterocycles. The van der Waals surface area contributed by atoms with Crippen LogP contribution in [-0.4, -0.2) is 35.4 Å². The lowest BCUT2D eigenvalue weighted by Gasteiger charge is -2.14. The SMILES string of the molecule is Cl.NCC1CCN(C(=O)c2cc3cc([N+](=O)[O-])ccc3s2)C1. The smallest absolute Gasteiger partial charge is 0.270 e. The van der Waals surface area contributed by atoms with Gasteiger partial charge in [0.25, 0.3) is 11.6 Å².